The van der Waals surface area contributed by atoms with Crippen molar-refractivity contribution in [3.8, 4) is 0 Å². The zero-order valence-electron chi connectivity index (χ0n) is 16.1. The van der Waals surface area contributed by atoms with Gasteiger partial charge in [0.1, 0.15) is 5.82 Å². The van der Waals surface area contributed by atoms with Crippen LogP contribution in [0.3, 0.4) is 0 Å². The predicted molar refractivity (Wildman–Crippen MR) is 126 cm³/mol. The van der Waals surface area contributed by atoms with E-state index >= 15 is 0 Å². The number of imidazole rings is 1. The van der Waals surface area contributed by atoms with Crippen LogP contribution < -0.4 is 10.6 Å². The number of benzene rings is 1. The van der Waals surface area contributed by atoms with E-state index in [1.165, 1.54) is 24.4 Å². The number of fused-ring (bicyclic) bond motifs is 1. The van der Waals surface area contributed by atoms with Crippen LogP contribution in [0.25, 0.3) is 0 Å². The van der Waals surface area contributed by atoms with Crippen molar-refractivity contribution >= 4 is 47.2 Å². The van der Waals surface area contributed by atoms with Gasteiger partial charge in [-0.3, -0.25) is 4.99 Å². The number of aryl methyl sites for hydroxylation is 2. The highest BCUT2D eigenvalue weighted by Gasteiger charge is 2.18. The number of guanidine groups is 1. The molecule has 0 saturated carbocycles. The topological polar surface area (TPSA) is 62.7 Å². The van der Waals surface area contributed by atoms with Gasteiger partial charge in [0.15, 0.2) is 5.96 Å². The number of nitrogens with zero attached hydrogens (tertiary/aromatic N) is 5. The average Bonchev–Trinajstić information content (AvgIpc) is 3.11. The molecule has 0 atom stereocenters. The second kappa shape index (κ2) is 9.82. The number of hydrogen-bond acceptors (Lipinski definition) is 3. The smallest absolute Gasteiger partial charge is 0.191 e. The van der Waals surface area contributed by atoms with Gasteiger partial charge in [-0.05, 0) is 37.1 Å². The predicted octanol–water partition coefficient (Wildman–Crippen LogP) is 3.17. The van der Waals surface area contributed by atoms with Gasteiger partial charge < -0.3 is 20.1 Å². The van der Waals surface area contributed by atoms with Gasteiger partial charge in [-0.15, -0.1) is 24.0 Å². The van der Waals surface area contributed by atoms with Crippen molar-refractivity contribution in [2.45, 2.75) is 32.2 Å². The summed E-state index contributed by atoms with van der Waals surface area (Å²) in [5, 5.41) is 0.771. The monoisotopic (exact) mass is 514 g/mol. The number of rotatable bonds is 4. The maximum atomic E-state index is 6.23. The number of hydrogen-bond donors (Lipinski definition) is 1. The van der Waals surface area contributed by atoms with Gasteiger partial charge in [0, 0.05) is 69.0 Å². The lowest BCUT2D eigenvalue weighted by atomic mass is 10.2. The molecule has 1 aromatic carbocycles. The van der Waals surface area contributed by atoms with E-state index in [1.807, 2.05) is 12.1 Å². The van der Waals surface area contributed by atoms with Gasteiger partial charge >= 0.3 is 0 Å². The van der Waals surface area contributed by atoms with Crippen LogP contribution in [0.15, 0.2) is 35.5 Å². The average molecular weight is 515 g/mol. The molecule has 2 aromatic rings. The Morgan fingerprint density at radius 1 is 1.07 bits per heavy atom. The number of piperazine rings is 1. The molecule has 8 heteroatoms. The molecule has 0 radical (unpaired) electrons. The molecule has 0 spiro atoms. The summed E-state index contributed by atoms with van der Waals surface area (Å²) in [4.78, 5) is 13.9. The number of anilines is 1. The number of nitrogens with two attached hydrogens (primary N) is 1. The molecule has 6 nitrogen and oxygen atoms in total. The largest absolute Gasteiger partial charge is 0.370 e. The molecule has 28 heavy (non-hydrogen) atoms. The highest BCUT2D eigenvalue weighted by atomic mass is 127. The van der Waals surface area contributed by atoms with Crippen LogP contribution in [0.2, 0.25) is 5.02 Å². The van der Waals surface area contributed by atoms with E-state index in [-0.39, 0.29) is 24.0 Å². The lowest BCUT2D eigenvalue weighted by Crippen LogP contribution is -2.51. The van der Waals surface area contributed by atoms with E-state index in [4.69, 9.17) is 22.3 Å². The molecule has 2 aliphatic heterocycles. The fraction of sp³-hybridized carbons (Fsp3) is 0.500. The van der Waals surface area contributed by atoms with E-state index in [0.717, 1.165) is 56.3 Å². The van der Waals surface area contributed by atoms with Crippen molar-refractivity contribution in [1.29, 1.82) is 0 Å². The van der Waals surface area contributed by atoms with Gasteiger partial charge in [-0.25, -0.2) is 4.98 Å². The number of aromatic nitrogens is 2. The van der Waals surface area contributed by atoms with Crippen molar-refractivity contribution in [2.24, 2.45) is 10.7 Å². The first-order valence-electron chi connectivity index (χ1n) is 9.79. The van der Waals surface area contributed by atoms with Crippen molar-refractivity contribution in [3.63, 3.8) is 0 Å². The summed E-state index contributed by atoms with van der Waals surface area (Å²) in [6.07, 6.45) is 6.65. The minimum atomic E-state index is 0. The summed E-state index contributed by atoms with van der Waals surface area (Å²) in [5.74, 6) is 1.88. The van der Waals surface area contributed by atoms with Crippen molar-refractivity contribution < 1.29 is 0 Å². The Labute approximate surface area is 188 Å². The lowest BCUT2D eigenvalue weighted by molar-refractivity contribution is 0.381. The summed E-state index contributed by atoms with van der Waals surface area (Å²) < 4.78 is 2.29. The van der Waals surface area contributed by atoms with Gasteiger partial charge in [-0.2, -0.15) is 0 Å². The van der Waals surface area contributed by atoms with E-state index < -0.39 is 0 Å². The van der Waals surface area contributed by atoms with Crippen LogP contribution in [0.5, 0.6) is 0 Å². The van der Waals surface area contributed by atoms with Crippen molar-refractivity contribution in [1.82, 2.24) is 14.5 Å². The zero-order valence-corrected chi connectivity index (χ0v) is 19.1. The third-order valence-electron chi connectivity index (χ3n) is 5.40. The Morgan fingerprint density at radius 3 is 2.54 bits per heavy atom. The molecule has 2 N–H and O–H groups in total. The first kappa shape index (κ1) is 21.2. The van der Waals surface area contributed by atoms with Crippen molar-refractivity contribution in [2.75, 3.05) is 37.6 Å². The minimum Gasteiger partial charge on any atom is -0.370 e. The molecule has 0 bridgehead atoms. The molecule has 1 fully saturated rings. The summed E-state index contributed by atoms with van der Waals surface area (Å²) in [6, 6.07) is 8.01. The summed E-state index contributed by atoms with van der Waals surface area (Å²) in [7, 11) is 0. The molecule has 2 aliphatic rings. The molecule has 0 unspecified atom stereocenters. The summed E-state index contributed by atoms with van der Waals surface area (Å²) in [5.41, 5.74) is 8.57. The molecular weight excluding hydrogens is 487 g/mol. The molecule has 0 amide bonds. The Kier molecular flexibility index (Phi) is 7.45. The van der Waals surface area contributed by atoms with Gasteiger partial charge in [0.2, 0.25) is 0 Å². The Balaban J connectivity index is 0.00000225. The van der Waals surface area contributed by atoms with Gasteiger partial charge in [-0.1, -0.05) is 11.6 Å². The quantitative estimate of drug-likeness (QED) is 0.387. The van der Waals surface area contributed by atoms with Gasteiger partial charge in [0.05, 0.1) is 5.69 Å². The van der Waals surface area contributed by atoms with E-state index in [1.54, 1.807) is 0 Å². The van der Waals surface area contributed by atoms with Crippen LogP contribution in [0.1, 0.15) is 24.4 Å². The number of halogens is 2. The molecule has 152 valence electrons. The Hall–Kier alpha value is -1.48. The van der Waals surface area contributed by atoms with Crippen LogP contribution in [-0.2, 0) is 19.4 Å². The van der Waals surface area contributed by atoms with Crippen LogP contribution >= 0.6 is 35.6 Å². The lowest BCUT2D eigenvalue weighted by Gasteiger charge is -2.36. The first-order chi connectivity index (χ1) is 13.2. The highest BCUT2D eigenvalue weighted by Crippen LogP contribution is 2.19. The maximum absolute atomic E-state index is 6.23. The van der Waals surface area contributed by atoms with E-state index in [0.29, 0.717) is 12.5 Å². The van der Waals surface area contributed by atoms with Crippen LogP contribution in [0, 0.1) is 0 Å². The van der Waals surface area contributed by atoms with Crippen LogP contribution in [0.4, 0.5) is 5.69 Å². The zero-order chi connectivity index (χ0) is 18.6. The molecule has 4 rings (SSSR count). The molecular formula is C20H28ClIN6. The Bertz CT molecular complexity index is 772. The standard InChI is InChI=1S/C20H27ClN6.HI/c21-16-4-6-18(7-5-16)25-11-13-26(14-12-25)20(22)23-9-8-17-15-27-10-2-1-3-19(27)24-17;/h4-7,15H,1-3,8-14H2,(H2,22,23);1H. The Morgan fingerprint density at radius 2 is 1.82 bits per heavy atom. The second-order valence-electron chi connectivity index (χ2n) is 7.24. The summed E-state index contributed by atoms with van der Waals surface area (Å²) >= 11 is 5.97. The number of aliphatic imine (C=N–C) groups is 1. The fourth-order valence-electron chi connectivity index (χ4n) is 3.82. The van der Waals surface area contributed by atoms with Gasteiger partial charge in [0.25, 0.3) is 0 Å². The highest BCUT2D eigenvalue weighted by molar-refractivity contribution is 14.0. The molecule has 3 heterocycles. The van der Waals surface area contributed by atoms with E-state index in [2.05, 4.69) is 37.7 Å². The maximum Gasteiger partial charge on any atom is 0.191 e. The minimum absolute atomic E-state index is 0. The molecule has 1 saturated heterocycles. The normalized spacial score (nSPS) is 17.2. The SMILES string of the molecule is I.NC(=NCCc1cn2c(n1)CCCC2)N1CCN(c2ccc(Cl)cc2)CC1. The second-order valence-corrected chi connectivity index (χ2v) is 7.68. The first-order valence-corrected chi connectivity index (χ1v) is 10.2. The van der Waals surface area contributed by atoms with Crippen LogP contribution in [-0.4, -0.2) is 53.1 Å². The molecule has 0 aliphatic carbocycles. The fourth-order valence-corrected chi connectivity index (χ4v) is 3.95. The molecule has 1 aromatic heterocycles. The third-order valence-corrected chi connectivity index (χ3v) is 5.65. The van der Waals surface area contributed by atoms with E-state index in [9.17, 15) is 0 Å². The third kappa shape index (κ3) is 5.11. The summed E-state index contributed by atoms with van der Waals surface area (Å²) in [6.45, 7) is 5.44. The van der Waals surface area contributed by atoms with Crippen molar-refractivity contribution in [3.05, 3.63) is 47.0 Å².